The lowest BCUT2D eigenvalue weighted by molar-refractivity contribution is 0.481. The molecule has 0 radical (unpaired) electrons. The predicted molar refractivity (Wildman–Crippen MR) is 87.0 cm³/mol. The Kier molecular flexibility index (Phi) is 4.51. The second-order valence-corrected chi connectivity index (χ2v) is 7.22. The summed E-state index contributed by atoms with van der Waals surface area (Å²) >= 11 is 11.0. The van der Waals surface area contributed by atoms with Crippen LogP contribution in [0, 0.1) is 0 Å². The van der Waals surface area contributed by atoms with Gasteiger partial charge >= 0.3 is 0 Å². The average molecular weight is 342 g/mol. The Morgan fingerprint density at radius 3 is 2.52 bits per heavy atom. The molecule has 0 heterocycles. The molecule has 2 N–H and O–H groups in total. The lowest BCUT2D eigenvalue weighted by Crippen LogP contribution is -2.08. The molecule has 110 valence electrons. The molecule has 2 aromatic rings. The van der Waals surface area contributed by atoms with E-state index in [0.29, 0.717) is 22.1 Å². The fourth-order valence-corrected chi connectivity index (χ4v) is 2.63. The van der Waals surface area contributed by atoms with Crippen LogP contribution in [0.5, 0.6) is 11.5 Å². The van der Waals surface area contributed by atoms with Crippen LogP contribution in [0.2, 0.25) is 5.02 Å². The number of ether oxygens (including phenoxy) is 1. The van der Waals surface area contributed by atoms with Crippen LogP contribution in [0.1, 0.15) is 5.56 Å². The van der Waals surface area contributed by atoms with Crippen LogP contribution in [0.3, 0.4) is 0 Å². The third-order valence-corrected chi connectivity index (χ3v) is 4.32. The van der Waals surface area contributed by atoms with Crippen molar-refractivity contribution in [2.75, 3.05) is 6.26 Å². The van der Waals surface area contributed by atoms with Crippen molar-refractivity contribution in [3.8, 4) is 11.5 Å². The van der Waals surface area contributed by atoms with E-state index in [1.165, 1.54) is 12.1 Å². The summed E-state index contributed by atoms with van der Waals surface area (Å²) in [4.78, 5) is 0.415. The first kappa shape index (κ1) is 15.8. The summed E-state index contributed by atoms with van der Waals surface area (Å²) < 4.78 is 28.6. The molecule has 2 rings (SSSR count). The fourth-order valence-electron chi connectivity index (χ4n) is 1.63. The molecule has 0 spiro atoms. The number of thiocarbonyl (C=S) groups is 1. The standard InChI is InChI=1S/C14H12ClNO3S2/c1-21(17,18)11-4-2-3-10(8-11)19-13-6-5-9(14(16)20)7-12(13)15/h2-8H,1H3,(H2,16,20). The van der Waals surface area contributed by atoms with Crippen molar-refractivity contribution in [1.29, 1.82) is 0 Å². The van der Waals surface area contributed by atoms with Crippen molar-refractivity contribution in [2.24, 2.45) is 5.73 Å². The van der Waals surface area contributed by atoms with Gasteiger partial charge in [-0.3, -0.25) is 0 Å². The Labute approximate surface area is 133 Å². The average Bonchev–Trinajstić information content (AvgIpc) is 2.40. The van der Waals surface area contributed by atoms with Gasteiger partial charge in [-0.15, -0.1) is 0 Å². The summed E-state index contributed by atoms with van der Waals surface area (Å²) in [5, 5.41) is 0.338. The third kappa shape index (κ3) is 3.93. The van der Waals surface area contributed by atoms with E-state index >= 15 is 0 Å². The van der Waals surface area contributed by atoms with E-state index in [2.05, 4.69) is 0 Å². The summed E-state index contributed by atoms with van der Waals surface area (Å²) in [5.74, 6) is 0.769. The number of nitrogens with two attached hydrogens (primary N) is 1. The number of hydrogen-bond acceptors (Lipinski definition) is 4. The first-order valence-corrected chi connectivity index (χ1v) is 8.52. The maximum atomic E-state index is 11.5. The Morgan fingerprint density at radius 2 is 1.95 bits per heavy atom. The number of sulfone groups is 1. The molecular formula is C14H12ClNO3S2. The van der Waals surface area contributed by atoms with Crippen molar-refractivity contribution >= 4 is 38.6 Å². The molecule has 0 aliphatic heterocycles. The van der Waals surface area contributed by atoms with Gasteiger partial charge < -0.3 is 10.5 Å². The van der Waals surface area contributed by atoms with Crippen molar-refractivity contribution < 1.29 is 13.2 Å². The summed E-state index contributed by atoms with van der Waals surface area (Å²) in [6.45, 7) is 0. The molecule has 0 aliphatic rings. The quantitative estimate of drug-likeness (QED) is 0.865. The van der Waals surface area contributed by atoms with Gasteiger partial charge in [0.25, 0.3) is 0 Å². The summed E-state index contributed by atoms with van der Waals surface area (Å²) in [7, 11) is -3.29. The van der Waals surface area contributed by atoms with E-state index in [4.69, 9.17) is 34.3 Å². The number of benzene rings is 2. The second-order valence-electron chi connectivity index (χ2n) is 4.36. The van der Waals surface area contributed by atoms with Gasteiger partial charge in [0.05, 0.1) is 9.92 Å². The number of halogens is 1. The maximum absolute atomic E-state index is 11.5. The van der Waals surface area contributed by atoms with E-state index in [1.807, 2.05) is 0 Å². The Morgan fingerprint density at radius 1 is 1.24 bits per heavy atom. The zero-order valence-corrected chi connectivity index (χ0v) is 13.4. The lowest BCUT2D eigenvalue weighted by Gasteiger charge is -2.09. The van der Waals surface area contributed by atoms with Crippen molar-refractivity contribution in [1.82, 2.24) is 0 Å². The monoisotopic (exact) mass is 341 g/mol. The summed E-state index contributed by atoms with van der Waals surface area (Å²) in [6, 6.07) is 11.1. The molecular weight excluding hydrogens is 330 g/mol. The molecule has 0 amide bonds. The van der Waals surface area contributed by atoms with Crippen molar-refractivity contribution in [2.45, 2.75) is 4.90 Å². The summed E-state index contributed by atoms with van der Waals surface area (Å²) in [6.07, 6.45) is 1.13. The van der Waals surface area contributed by atoms with Crippen LogP contribution < -0.4 is 10.5 Å². The van der Waals surface area contributed by atoms with Gasteiger partial charge in [-0.25, -0.2) is 8.42 Å². The molecule has 0 saturated carbocycles. The van der Waals surface area contributed by atoms with E-state index in [9.17, 15) is 8.42 Å². The van der Waals surface area contributed by atoms with Crippen LogP contribution >= 0.6 is 23.8 Å². The van der Waals surface area contributed by atoms with Crippen molar-refractivity contribution in [3.63, 3.8) is 0 Å². The second kappa shape index (κ2) is 6.01. The zero-order valence-electron chi connectivity index (χ0n) is 11.0. The molecule has 4 nitrogen and oxygen atoms in total. The van der Waals surface area contributed by atoms with Gasteiger partial charge in [0.15, 0.2) is 9.84 Å². The highest BCUT2D eigenvalue weighted by molar-refractivity contribution is 7.90. The van der Waals surface area contributed by atoms with Gasteiger partial charge in [0.1, 0.15) is 16.5 Å². The van der Waals surface area contributed by atoms with Crippen LogP contribution in [0.25, 0.3) is 0 Å². The van der Waals surface area contributed by atoms with E-state index < -0.39 is 9.84 Å². The topological polar surface area (TPSA) is 69.4 Å². The molecule has 0 aliphatic carbocycles. The van der Waals surface area contributed by atoms with E-state index in [-0.39, 0.29) is 9.88 Å². The Balaban J connectivity index is 2.33. The zero-order chi connectivity index (χ0) is 15.6. The van der Waals surface area contributed by atoms with Gasteiger partial charge in [-0.05, 0) is 36.4 Å². The number of rotatable bonds is 4. The van der Waals surface area contributed by atoms with Gasteiger partial charge in [0, 0.05) is 11.8 Å². The third-order valence-electron chi connectivity index (χ3n) is 2.68. The van der Waals surface area contributed by atoms with E-state index in [1.54, 1.807) is 30.3 Å². The first-order chi connectivity index (χ1) is 9.77. The van der Waals surface area contributed by atoms with Crippen molar-refractivity contribution in [3.05, 3.63) is 53.1 Å². The molecule has 0 fully saturated rings. The molecule has 0 bridgehead atoms. The fraction of sp³-hybridized carbons (Fsp3) is 0.0714. The first-order valence-electron chi connectivity index (χ1n) is 5.85. The maximum Gasteiger partial charge on any atom is 0.175 e. The van der Waals surface area contributed by atoms with Gasteiger partial charge in [0.2, 0.25) is 0 Å². The minimum atomic E-state index is -3.29. The van der Waals surface area contributed by atoms with Gasteiger partial charge in [-0.2, -0.15) is 0 Å². The minimum absolute atomic E-state index is 0.177. The van der Waals surface area contributed by atoms with E-state index in [0.717, 1.165) is 6.26 Å². The molecule has 2 aromatic carbocycles. The molecule has 0 aromatic heterocycles. The highest BCUT2D eigenvalue weighted by atomic mass is 35.5. The normalized spacial score (nSPS) is 11.1. The molecule has 0 unspecified atom stereocenters. The molecule has 0 saturated heterocycles. The number of hydrogen-bond donors (Lipinski definition) is 1. The van der Waals surface area contributed by atoms with Gasteiger partial charge in [-0.1, -0.05) is 29.9 Å². The largest absolute Gasteiger partial charge is 0.456 e. The minimum Gasteiger partial charge on any atom is -0.456 e. The molecule has 21 heavy (non-hydrogen) atoms. The lowest BCUT2D eigenvalue weighted by atomic mass is 10.2. The smallest absolute Gasteiger partial charge is 0.175 e. The van der Waals surface area contributed by atoms with Crippen LogP contribution in [0.4, 0.5) is 0 Å². The molecule has 0 atom stereocenters. The predicted octanol–water partition coefficient (Wildman–Crippen LogP) is 3.17. The van der Waals surface area contributed by atoms with Crippen LogP contribution in [0.15, 0.2) is 47.4 Å². The molecule has 7 heteroatoms. The highest BCUT2D eigenvalue weighted by Crippen LogP contribution is 2.31. The highest BCUT2D eigenvalue weighted by Gasteiger charge is 2.10. The van der Waals surface area contributed by atoms with Crippen LogP contribution in [-0.4, -0.2) is 19.7 Å². The Bertz CT molecular complexity index is 804. The van der Waals surface area contributed by atoms with Crippen LogP contribution in [-0.2, 0) is 9.84 Å². The Hall–Kier alpha value is -1.63. The summed E-state index contributed by atoms with van der Waals surface area (Å²) in [5.41, 5.74) is 6.15. The SMILES string of the molecule is CS(=O)(=O)c1cccc(Oc2ccc(C(N)=S)cc2Cl)c1.